The Hall–Kier alpha value is -2.47. The van der Waals surface area contributed by atoms with Crippen LogP contribution in [0.3, 0.4) is 0 Å². The van der Waals surface area contributed by atoms with Gasteiger partial charge in [-0.05, 0) is 31.2 Å². The summed E-state index contributed by atoms with van der Waals surface area (Å²) in [4.78, 5) is 0.156. The minimum atomic E-state index is -3.86. The number of rotatable bonds is 3. The first-order valence-corrected chi connectivity index (χ1v) is 12.8. The van der Waals surface area contributed by atoms with Gasteiger partial charge in [0, 0.05) is 11.6 Å². The van der Waals surface area contributed by atoms with Crippen LogP contribution in [0.5, 0.6) is 0 Å². The van der Waals surface area contributed by atoms with Crippen LogP contribution in [0.1, 0.15) is 11.1 Å². The third kappa shape index (κ3) is 4.54. The average Bonchev–Trinajstić information content (AvgIpc) is 2.54. The third-order valence-electron chi connectivity index (χ3n) is 3.37. The van der Waals surface area contributed by atoms with Crippen molar-refractivity contribution in [2.75, 3.05) is 4.31 Å². The zero-order chi connectivity index (χ0) is 18.7. The van der Waals surface area contributed by atoms with Crippen molar-refractivity contribution in [3.05, 3.63) is 59.7 Å². The van der Waals surface area contributed by atoms with Crippen LogP contribution < -0.4 is 4.31 Å². The predicted molar refractivity (Wildman–Crippen MR) is 106 cm³/mol. The Morgan fingerprint density at radius 1 is 1.00 bits per heavy atom. The van der Waals surface area contributed by atoms with E-state index in [2.05, 4.69) is 37.1 Å². The predicted octanol–water partition coefficient (Wildman–Crippen LogP) is 4.01. The highest BCUT2D eigenvalue weighted by Gasteiger charge is 2.25. The van der Waals surface area contributed by atoms with Crippen molar-refractivity contribution in [3.8, 4) is 23.9 Å². The summed E-state index contributed by atoms with van der Waals surface area (Å²) < 4.78 is 26.9. The molecule has 0 fully saturated rings. The second kappa shape index (κ2) is 7.19. The summed E-state index contributed by atoms with van der Waals surface area (Å²) in [6, 6.07) is 16.0. The number of terminal acetylenes is 1. The monoisotopic (exact) mass is 367 g/mol. The molecule has 0 amide bonds. The van der Waals surface area contributed by atoms with E-state index >= 15 is 0 Å². The molecule has 0 aliphatic rings. The molecule has 2 aromatic carbocycles. The first-order chi connectivity index (χ1) is 11.6. The van der Waals surface area contributed by atoms with Crippen LogP contribution in [0.25, 0.3) is 0 Å². The highest BCUT2D eigenvalue weighted by atomic mass is 32.2. The molecule has 128 valence electrons. The molecule has 0 saturated heterocycles. The van der Waals surface area contributed by atoms with E-state index in [1.165, 1.54) is 0 Å². The minimum Gasteiger partial charge on any atom is -0.200 e. The second-order valence-electron chi connectivity index (χ2n) is 6.73. The van der Waals surface area contributed by atoms with Crippen LogP contribution >= 0.6 is 0 Å². The largest absolute Gasteiger partial charge is 0.275 e. The Kier molecular flexibility index (Phi) is 5.42. The summed E-state index contributed by atoms with van der Waals surface area (Å²) in [5.41, 5.74) is 5.24. The van der Waals surface area contributed by atoms with Crippen LogP contribution in [-0.2, 0) is 10.0 Å². The zero-order valence-corrected chi connectivity index (χ0v) is 16.7. The van der Waals surface area contributed by atoms with E-state index in [4.69, 9.17) is 6.42 Å². The van der Waals surface area contributed by atoms with Gasteiger partial charge in [-0.15, -0.1) is 5.54 Å². The Labute approximate surface area is 151 Å². The Morgan fingerprint density at radius 3 is 2.16 bits per heavy atom. The summed E-state index contributed by atoms with van der Waals surface area (Å²) in [6.45, 7) is 8.29. The lowest BCUT2D eigenvalue weighted by molar-refractivity contribution is 0.596. The highest BCUT2D eigenvalue weighted by molar-refractivity contribution is 7.93. The van der Waals surface area contributed by atoms with Crippen LogP contribution in [0.15, 0.2) is 53.4 Å². The van der Waals surface area contributed by atoms with Crippen molar-refractivity contribution in [1.82, 2.24) is 0 Å². The van der Waals surface area contributed by atoms with Gasteiger partial charge >= 0.3 is 0 Å². The van der Waals surface area contributed by atoms with Crippen molar-refractivity contribution in [2.45, 2.75) is 31.5 Å². The standard InChI is InChI=1S/C20H21NO2SSi/c1-6-21(24(22,23)19-13-11-17(2)12-14-19)20-10-8-7-9-18(20)15-16-25(3,4)5/h1,7-14H,2-5H3. The molecule has 5 heteroatoms. The Morgan fingerprint density at radius 2 is 1.60 bits per heavy atom. The fourth-order valence-corrected chi connectivity index (χ4v) is 3.85. The maximum Gasteiger partial charge on any atom is 0.275 e. The molecule has 0 N–H and O–H groups in total. The van der Waals surface area contributed by atoms with Crippen LogP contribution in [0.2, 0.25) is 19.6 Å². The van der Waals surface area contributed by atoms with E-state index in [0.717, 1.165) is 9.87 Å². The van der Waals surface area contributed by atoms with Gasteiger partial charge in [-0.2, -0.15) is 4.31 Å². The lowest BCUT2D eigenvalue weighted by Gasteiger charge is -2.19. The zero-order valence-electron chi connectivity index (χ0n) is 14.9. The molecule has 2 aromatic rings. The van der Waals surface area contributed by atoms with E-state index in [1.807, 2.05) is 13.0 Å². The van der Waals surface area contributed by atoms with Crippen molar-refractivity contribution in [2.24, 2.45) is 0 Å². The van der Waals surface area contributed by atoms with Crippen LogP contribution in [0, 0.1) is 30.9 Å². The van der Waals surface area contributed by atoms with E-state index in [-0.39, 0.29) is 4.90 Å². The lowest BCUT2D eigenvalue weighted by atomic mass is 10.2. The van der Waals surface area contributed by atoms with Gasteiger partial charge in [0.15, 0.2) is 0 Å². The van der Waals surface area contributed by atoms with Gasteiger partial charge in [-0.25, -0.2) is 8.42 Å². The summed E-state index contributed by atoms with van der Waals surface area (Å²) in [5.74, 6) is 3.11. The van der Waals surface area contributed by atoms with Crippen molar-refractivity contribution >= 4 is 23.8 Å². The molecule has 3 nitrogen and oxygen atoms in total. The van der Waals surface area contributed by atoms with Crippen LogP contribution in [0.4, 0.5) is 5.69 Å². The summed E-state index contributed by atoms with van der Waals surface area (Å²) in [6.07, 6.45) is 5.57. The summed E-state index contributed by atoms with van der Waals surface area (Å²) in [7, 11) is -5.46. The fraction of sp³-hybridized carbons (Fsp3) is 0.200. The number of sulfonamides is 1. The minimum absolute atomic E-state index is 0.156. The number of aryl methyl sites for hydroxylation is 1. The molecule has 0 aliphatic carbocycles. The van der Waals surface area contributed by atoms with Crippen molar-refractivity contribution < 1.29 is 8.42 Å². The van der Waals surface area contributed by atoms with Gasteiger partial charge in [0.2, 0.25) is 0 Å². The second-order valence-corrected chi connectivity index (χ2v) is 13.3. The highest BCUT2D eigenvalue weighted by Crippen LogP contribution is 2.26. The molecule has 2 rings (SSSR count). The average molecular weight is 368 g/mol. The number of hydrogen-bond acceptors (Lipinski definition) is 2. The SMILES string of the molecule is C#CN(c1ccccc1C#C[Si](C)(C)C)S(=O)(=O)c1ccc(C)cc1. The molecule has 0 radical (unpaired) electrons. The van der Waals surface area contributed by atoms with E-state index in [9.17, 15) is 8.42 Å². The number of anilines is 1. The molecule has 25 heavy (non-hydrogen) atoms. The van der Waals surface area contributed by atoms with Crippen molar-refractivity contribution in [1.29, 1.82) is 0 Å². The van der Waals surface area contributed by atoms with Gasteiger partial charge in [0.05, 0.1) is 10.6 Å². The lowest BCUT2D eigenvalue weighted by Crippen LogP contribution is -2.26. The maximum absolute atomic E-state index is 13.0. The maximum atomic E-state index is 13.0. The van der Waals surface area contributed by atoms with Gasteiger partial charge in [-0.3, -0.25) is 0 Å². The molecule has 0 spiro atoms. The fourth-order valence-electron chi connectivity index (χ4n) is 2.10. The summed E-state index contributed by atoms with van der Waals surface area (Å²) >= 11 is 0. The topological polar surface area (TPSA) is 37.4 Å². The quantitative estimate of drug-likeness (QED) is 0.467. The molecule has 0 aliphatic heterocycles. The number of hydrogen-bond donors (Lipinski definition) is 0. The molecule has 0 saturated carbocycles. The van der Waals surface area contributed by atoms with E-state index in [1.54, 1.807) is 42.5 Å². The molecular formula is C20H21NO2SSi. The number of para-hydroxylation sites is 1. The Balaban J connectivity index is 2.57. The molecule has 0 bridgehead atoms. The van der Waals surface area contributed by atoms with Gasteiger partial charge in [-0.1, -0.05) is 61.8 Å². The smallest absolute Gasteiger partial charge is 0.200 e. The first kappa shape index (κ1) is 18.9. The van der Waals surface area contributed by atoms with Crippen LogP contribution in [-0.4, -0.2) is 16.5 Å². The third-order valence-corrected chi connectivity index (χ3v) is 5.90. The molecule has 0 aromatic heterocycles. The Bertz CT molecular complexity index is 969. The molecule has 0 unspecified atom stereocenters. The summed E-state index contributed by atoms with van der Waals surface area (Å²) in [5, 5.41) is 0. The molecule has 0 atom stereocenters. The molecular weight excluding hydrogens is 346 g/mol. The molecule has 0 heterocycles. The van der Waals surface area contributed by atoms with E-state index < -0.39 is 18.1 Å². The van der Waals surface area contributed by atoms with Crippen molar-refractivity contribution in [3.63, 3.8) is 0 Å². The van der Waals surface area contributed by atoms with Gasteiger partial charge < -0.3 is 0 Å². The van der Waals surface area contributed by atoms with Gasteiger partial charge in [0.25, 0.3) is 10.0 Å². The van der Waals surface area contributed by atoms with E-state index in [0.29, 0.717) is 11.3 Å². The number of benzene rings is 2. The normalized spacial score (nSPS) is 11.2. The first-order valence-electron chi connectivity index (χ1n) is 7.85. The van der Waals surface area contributed by atoms with Gasteiger partial charge in [0.1, 0.15) is 8.07 Å². The number of nitrogens with zero attached hydrogens (tertiary/aromatic N) is 1.